The molecule has 1 aromatic rings. The van der Waals surface area contributed by atoms with Crippen LogP contribution in [0, 0.1) is 0 Å². The number of thiol groups is 1. The van der Waals surface area contributed by atoms with Gasteiger partial charge in [-0.1, -0.05) is 0 Å². The van der Waals surface area contributed by atoms with Gasteiger partial charge >= 0.3 is 118 Å². The molecule has 18 heavy (non-hydrogen) atoms. The Balaban J connectivity index is 2.09. The van der Waals surface area contributed by atoms with E-state index in [1.54, 1.807) is 6.66 Å². The van der Waals surface area contributed by atoms with Crippen molar-refractivity contribution in [3.8, 4) is 0 Å². The van der Waals surface area contributed by atoms with Crippen LogP contribution in [0.4, 0.5) is 0 Å². The molecule has 0 radical (unpaired) electrons. The fraction of sp³-hybridized carbons (Fsp3) is 0.125. The normalized spacial score (nSPS) is 18.1. The van der Waals surface area contributed by atoms with Gasteiger partial charge in [0, 0.05) is 0 Å². The molecule has 0 nitrogen and oxygen atoms in total. The van der Waals surface area contributed by atoms with Crippen LogP contribution in [0.3, 0.4) is 0 Å². The van der Waals surface area contributed by atoms with Gasteiger partial charge in [0.25, 0.3) is 0 Å². The number of hydrogen-bond donors (Lipinski definition) is 1. The predicted octanol–water partition coefficient (Wildman–Crippen LogP) is 4.00. The van der Waals surface area contributed by atoms with Crippen LogP contribution in [0.2, 0.25) is 0 Å². The standard InChI is InChI=1S/C6H5.2C5H5.Hf.H2S/c1-2-4-6-5-3-1;2*1-2-4-5-3-1;;/h1-5H;2*1-3H,4H2;;1H2/q;;;+1;/p-1. The molecule has 2 aliphatic carbocycles. The summed E-state index contributed by atoms with van der Waals surface area (Å²) in [7, 11) is 5.30. The molecule has 0 N–H and O–H groups in total. The molecule has 0 aliphatic heterocycles. The first-order chi connectivity index (χ1) is 8.82. The van der Waals surface area contributed by atoms with Gasteiger partial charge in [0.1, 0.15) is 0 Å². The molecule has 0 saturated heterocycles. The molecule has 0 unspecified atom stereocenters. The van der Waals surface area contributed by atoms with Gasteiger partial charge in [-0.05, 0) is 0 Å². The molecule has 2 aliphatic rings. The van der Waals surface area contributed by atoms with Crippen molar-refractivity contribution in [2.24, 2.45) is 0 Å². The van der Waals surface area contributed by atoms with E-state index >= 15 is 0 Å². The fourth-order valence-electron chi connectivity index (χ4n) is 2.69. The van der Waals surface area contributed by atoms with Gasteiger partial charge in [-0.15, -0.1) is 0 Å². The van der Waals surface area contributed by atoms with E-state index in [1.165, 1.54) is 3.32 Å². The van der Waals surface area contributed by atoms with Crippen molar-refractivity contribution < 1.29 is 18.5 Å². The van der Waals surface area contributed by atoms with E-state index in [0.29, 0.717) is 0 Å². The van der Waals surface area contributed by atoms with Crippen LogP contribution in [-0.2, 0) is 18.5 Å². The fourth-order valence-corrected chi connectivity index (χ4v) is 18.6. The van der Waals surface area contributed by atoms with Gasteiger partial charge in [-0.3, -0.25) is 0 Å². The number of hydrogen-bond acceptors (Lipinski definition) is 1. The van der Waals surface area contributed by atoms with Gasteiger partial charge in [0.15, 0.2) is 0 Å². The van der Waals surface area contributed by atoms with Crippen molar-refractivity contribution in [2.75, 3.05) is 0 Å². The quantitative estimate of drug-likeness (QED) is 0.557. The zero-order valence-corrected chi connectivity index (χ0v) is 14.7. The van der Waals surface area contributed by atoms with Crippen LogP contribution in [0.1, 0.15) is 12.8 Å². The third-order valence-corrected chi connectivity index (χ3v) is 24.0. The molecule has 0 bridgehead atoms. The van der Waals surface area contributed by atoms with Gasteiger partial charge in [0.2, 0.25) is 0 Å². The summed E-state index contributed by atoms with van der Waals surface area (Å²) >= 11 is -2.99. The Morgan fingerprint density at radius 3 is 1.83 bits per heavy atom. The van der Waals surface area contributed by atoms with E-state index in [9.17, 15) is 0 Å². The van der Waals surface area contributed by atoms with E-state index in [1.807, 2.05) is 0 Å². The van der Waals surface area contributed by atoms with E-state index in [4.69, 9.17) is 9.45 Å². The average molecular weight is 419 g/mol. The summed E-state index contributed by atoms with van der Waals surface area (Å²) < 4.78 is 4.66. The van der Waals surface area contributed by atoms with Gasteiger partial charge in [0.05, 0.1) is 0 Å². The maximum absolute atomic E-state index is 5.30. The topological polar surface area (TPSA) is 0 Å². The Labute approximate surface area is 117 Å². The molecule has 0 atom stereocenters. The molecule has 2 heteroatoms. The molecule has 0 fully saturated rings. The number of rotatable bonds is 3. The maximum atomic E-state index is 5.30. The second-order valence-corrected chi connectivity index (χ2v) is 22.0. The molecule has 0 saturated carbocycles. The Morgan fingerprint density at radius 1 is 0.833 bits per heavy atom. The van der Waals surface area contributed by atoms with Crippen LogP contribution in [-0.4, -0.2) is 0 Å². The zero-order chi connectivity index (χ0) is 12.4. The van der Waals surface area contributed by atoms with Crippen LogP contribution in [0.15, 0.2) is 73.4 Å². The Bertz CT molecular complexity index is 534. The first-order valence-electron chi connectivity index (χ1n) is 6.32. The van der Waals surface area contributed by atoms with E-state index in [0.717, 1.165) is 12.8 Å². The summed E-state index contributed by atoms with van der Waals surface area (Å²) in [5.41, 5.74) is 0. The van der Waals surface area contributed by atoms with Gasteiger partial charge < -0.3 is 0 Å². The van der Waals surface area contributed by atoms with Crippen molar-refractivity contribution in [1.29, 1.82) is 0 Å². The van der Waals surface area contributed by atoms with E-state index < -0.39 is 18.5 Å². The summed E-state index contributed by atoms with van der Waals surface area (Å²) in [5, 5.41) is 0. The average Bonchev–Trinajstić information content (AvgIpc) is 3.12. The van der Waals surface area contributed by atoms with Crippen LogP contribution in [0.5, 0.6) is 0 Å². The first kappa shape index (κ1) is 12.4. The predicted molar refractivity (Wildman–Crippen MR) is 78.7 cm³/mol. The van der Waals surface area contributed by atoms with Crippen molar-refractivity contribution in [3.63, 3.8) is 0 Å². The van der Waals surface area contributed by atoms with Crippen molar-refractivity contribution in [3.05, 3.63) is 73.4 Å². The summed E-state index contributed by atoms with van der Waals surface area (Å²) in [6.45, 7) is 0. The second kappa shape index (κ2) is 5.18. The van der Waals surface area contributed by atoms with Crippen LogP contribution >= 0.6 is 9.45 Å². The monoisotopic (exact) mass is 420 g/mol. The zero-order valence-electron chi connectivity index (χ0n) is 10.2. The SMILES string of the molecule is [SH][Hf]([C]1=CC=CC1)([C]1=CC=CC1)[c]1ccccc1. The summed E-state index contributed by atoms with van der Waals surface area (Å²) in [6, 6.07) is 10.9. The number of allylic oxidation sites excluding steroid dienone is 8. The Hall–Kier alpha value is -0.600. The van der Waals surface area contributed by atoms with Crippen LogP contribution < -0.4 is 3.32 Å². The van der Waals surface area contributed by atoms with E-state index in [-0.39, 0.29) is 0 Å². The molecular formula is C16H16HfS. The summed E-state index contributed by atoms with van der Waals surface area (Å²) in [5.74, 6) is 0. The summed E-state index contributed by atoms with van der Waals surface area (Å²) in [4.78, 5) is 0. The molecule has 0 amide bonds. The van der Waals surface area contributed by atoms with Crippen molar-refractivity contribution >= 4 is 12.8 Å². The minimum absolute atomic E-state index is 1.09. The Kier molecular flexibility index (Phi) is 3.58. The molecule has 0 spiro atoms. The summed E-state index contributed by atoms with van der Waals surface area (Å²) in [6.07, 6.45) is 15.7. The first-order valence-corrected chi connectivity index (χ1v) is 17.0. The Morgan fingerprint density at radius 2 is 1.39 bits per heavy atom. The third-order valence-electron chi connectivity index (χ3n) is 3.66. The van der Waals surface area contributed by atoms with Gasteiger partial charge in [-0.25, -0.2) is 0 Å². The molecule has 0 heterocycles. The molecule has 3 rings (SSSR count). The third kappa shape index (κ3) is 2.06. The molecule has 0 aromatic heterocycles. The molecule has 90 valence electrons. The van der Waals surface area contributed by atoms with Crippen molar-refractivity contribution in [1.82, 2.24) is 0 Å². The van der Waals surface area contributed by atoms with Gasteiger partial charge in [-0.2, -0.15) is 0 Å². The van der Waals surface area contributed by atoms with Crippen LogP contribution in [0.25, 0.3) is 0 Å². The molecular weight excluding hydrogens is 403 g/mol. The second-order valence-electron chi connectivity index (χ2n) is 4.72. The van der Waals surface area contributed by atoms with E-state index in [2.05, 4.69) is 66.8 Å². The van der Waals surface area contributed by atoms with Crippen molar-refractivity contribution in [2.45, 2.75) is 12.8 Å². The minimum atomic E-state index is -2.99. The molecule has 1 aromatic carbocycles. The number of benzene rings is 1.